The highest BCUT2D eigenvalue weighted by atomic mass is 32.2. The van der Waals surface area contributed by atoms with E-state index in [0.717, 1.165) is 5.56 Å². The third kappa shape index (κ3) is 3.18. The maximum atomic E-state index is 13.1. The van der Waals surface area contributed by atoms with Crippen molar-refractivity contribution in [3.63, 3.8) is 0 Å². The van der Waals surface area contributed by atoms with Crippen LogP contribution in [0.5, 0.6) is 0 Å². The van der Waals surface area contributed by atoms with Gasteiger partial charge in [0.2, 0.25) is 0 Å². The third-order valence-corrected chi connectivity index (χ3v) is 5.85. The van der Waals surface area contributed by atoms with Crippen molar-refractivity contribution in [1.82, 2.24) is 4.98 Å². The van der Waals surface area contributed by atoms with Gasteiger partial charge in [-0.2, -0.15) is 0 Å². The molecular weight excluding hydrogens is 328 g/mol. The summed E-state index contributed by atoms with van der Waals surface area (Å²) in [5.74, 6) is -0.518. The average Bonchev–Trinajstić information content (AvgIpc) is 2.58. The van der Waals surface area contributed by atoms with E-state index < -0.39 is 15.4 Å². The fourth-order valence-corrected chi connectivity index (χ4v) is 4.60. The highest BCUT2D eigenvalue weighted by molar-refractivity contribution is 7.93. The van der Waals surface area contributed by atoms with Gasteiger partial charge in [0.05, 0.1) is 18.1 Å². The van der Waals surface area contributed by atoms with Crippen molar-refractivity contribution in [3.8, 4) is 0 Å². The van der Waals surface area contributed by atoms with Gasteiger partial charge in [-0.05, 0) is 17.7 Å². The first kappa shape index (κ1) is 16.6. The molecule has 1 saturated heterocycles. The Morgan fingerprint density at radius 1 is 1.17 bits per heavy atom. The van der Waals surface area contributed by atoms with Gasteiger partial charge in [0.1, 0.15) is 5.82 Å². The van der Waals surface area contributed by atoms with E-state index in [1.54, 1.807) is 24.4 Å². The average molecular weight is 346 g/mol. The summed E-state index contributed by atoms with van der Waals surface area (Å²) in [6, 6.07) is 14.7. The van der Waals surface area contributed by atoms with Crippen molar-refractivity contribution < 1.29 is 17.9 Å². The predicted octanol–water partition coefficient (Wildman–Crippen LogP) is 1.43. The summed E-state index contributed by atoms with van der Waals surface area (Å²) in [6.45, 7) is 0.293. The van der Waals surface area contributed by atoms with E-state index in [9.17, 15) is 13.2 Å². The molecule has 0 spiro atoms. The number of hydrogen-bond acceptors (Lipinski definition) is 5. The molecule has 1 fully saturated rings. The van der Waals surface area contributed by atoms with Crippen LogP contribution in [0.1, 0.15) is 5.56 Å². The number of sulfone groups is 1. The summed E-state index contributed by atoms with van der Waals surface area (Å²) in [4.78, 5) is 18.8. The predicted molar refractivity (Wildman–Crippen MR) is 90.3 cm³/mol. The van der Waals surface area contributed by atoms with Crippen molar-refractivity contribution in [2.75, 3.05) is 23.5 Å². The first-order valence-electron chi connectivity index (χ1n) is 7.48. The Bertz CT molecular complexity index is 810. The molecule has 0 aliphatic carbocycles. The van der Waals surface area contributed by atoms with Gasteiger partial charge in [-0.15, -0.1) is 0 Å². The summed E-state index contributed by atoms with van der Waals surface area (Å²) >= 11 is 0. The fourth-order valence-electron chi connectivity index (χ4n) is 2.78. The number of carbonyl (C=O) groups is 1. The molecule has 0 bridgehead atoms. The molecule has 6 nitrogen and oxygen atoms in total. The van der Waals surface area contributed by atoms with E-state index in [4.69, 9.17) is 4.74 Å². The minimum absolute atomic E-state index is 0.293. The molecule has 0 N–H and O–H groups in total. The van der Waals surface area contributed by atoms with Gasteiger partial charge < -0.3 is 4.74 Å². The Morgan fingerprint density at radius 3 is 2.38 bits per heavy atom. The van der Waals surface area contributed by atoms with Crippen LogP contribution in [0, 0.1) is 0 Å². The lowest BCUT2D eigenvalue weighted by Crippen LogP contribution is -2.65. The lowest BCUT2D eigenvalue weighted by Gasteiger charge is -2.41. The van der Waals surface area contributed by atoms with E-state index in [1.165, 1.54) is 12.0 Å². The first-order chi connectivity index (χ1) is 11.5. The molecule has 1 aromatic carbocycles. The van der Waals surface area contributed by atoms with E-state index >= 15 is 0 Å². The van der Waals surface area contributed by atoms with Crippen LogP contribution in [-0.2, 0) is 25.9 Å². The van der Waals surface area contributed by atoms with E-state index in [2.05, 4.69) is 4.98 Å². The number of hydrogen-bond donors (Lipinski definition) is 0. The third-order valence-electron chi connectivity index (χ3n) is 4.04. The highest BCUT2D eigenvalue weighted by Gasteiger charge is 2.56. The molecule has 126 valence electrons. The van der Waals surface area contributed by atoms with Crippen LogP contribution < -0.4 is 4.90 Å². The minimum atomic E-state index is -3.23. The number of methoxy groups -OCH3 is 1. The molecule has 3 rings (SSSR count). The lowest BCUT2D eigenvalue weighted by molar-refractivity contribution is -0.137. The smallest absolute Gasteiger partial charge is 0.262 e. The van der Waals surface area contributed by atoms with Crippen LogP contribution >= 0.6 is 0 Å². The second-order valence-electron chi connectivity index (χ2n) is 5.80. The summed E-state index contributed by atoms with van der Waals surface area (Å²) in [5, 5.41) is 0. The number of rotatable bonds is 5. The zero-order valence-corrected chi connectivity index (χ0v) is 14.1. The molecule has 2 aromatic rings. The van der Waals surface area contributed by atoms with Crippen LogP contribution in [0.15, 0.2) is 54.7 Å². The van der Waals surface area contributed by atoms with E-state index in [-0.39, 0.29) is 17.4 Å². The number of nitrogens with zero attached hydrogens (tertiary/aromatic N) is 2. The number of benzene rings is 1. The molecular formula is C17H18N2O4S. The summed E-state index contributed by atoms with van der Waals surface area (Å²) < 4.78 is 28.5. The monoisotopic (exact) mass is 346 g/mol. The Balaban J connectivity index is 1.94. The van der Waals surface area contributed by atoms with Crippen LogP contribution in [0.3, 0.4) is 0 Å². The number of pyridine rings is 1. The molecule has 1 amide bonds. The molecule has 1 aliphatic heterocycles. The highest BCUT2D eigenvalue weighted by Crippen LogP contribution is 2.31. The van der Waals surface area contributed by atoms with Crippen molar-refractivity contribution in [3.05, 3.63) is 60.3 Å². The van der Waals surface area contributed by atoms with Gasteiger partial charge in [-0.25, -0.2) is 13.4 Å². The topological polar surface area (TPSA) is 76.6 Å². The van der Waals surface area contributed by atoms with Crippen LogP contribution in [0.2, 0.25) is 0 Å². The molecule has 0 saturated carbocycles. The molecule has 1 aromatic heterocycles. The fraction of sp³-hybridized carbons (Fsp3) is 0.294. The summed E-state index contributed by atoms with van der Waals surface area (Å²) in [5.41, 5.74) is -0.407. The Labute approximate surface area is 141 Å². The molecule has 2 heterocycles. The zero-order chi connectivity index (χ0) is 17.2. The Morgan fingerprint density at radius 2 is 1.83 bits per heavy atom. The van der Waals surface area contributed by atoms with Crippen LogP contribution in [-0.4, -0.2) is 43.5 Å². The molecule has 0 atom stereocenters. The van der Waals surface area contributed by atoms with Crippen molar-refractivity contribution >= 4 is 21.6 Å². The van der Waals surface area contributed by atoms with Crippen molar-refractivity contribution in [2.24, 2.45) is 0 Å². The van der Waals surface area contributed by atoms with Gasteiger partial charge in [0.15, 0.2) is 15.4 Å². The summed E-state index contributed by atoms with van der Waals surface area (Å²) in [6.07, 6.45) is 1.59. The number of amides is 1. The van der Waals surface area contributed by atoms with Gasteiger partial charge in [0.25, 0.3) is 5.91 Å². The second kappa shape index (κ2) is 6.33. The SMILES string of the molecule is COC1(C(=O)N(Cc2ccccc2)c2ccccn2)CS(=O)(=O)C1. The normalized spacial score (nSPS) is 17.7. The number of anilines is 1. The quantitative estimate of drug-likeness (QED) is 0.818. The van der Waals surface area contributed by atoms with E-state index in [0.29, 0.717) is 12.4 Å². The number of ether oxygens (including phenoxy) is 1. The first-order valence-corrected chi connectivity index (χ1v) is 9.30. The van der Waals surface area contributed by atoms with Gasteiger partial charge in [-0.1, -0.05) is 36.4 Å². The zero-order valence-electron chi connectivity index (χ0n) is 13.3. The standard InChI is InChI=1S/C17H18N2O4S/c1-23-17(12-24(21,22)13-17)16(20)19(15-9-5-6-10-18-15)11-14-7-3-2-4-8-14/h2-10H,11-13H2,1H3. The second-order valence-corrected chi connectivity index (χ2v) is 7.86. The van der Waals surface area contributed by atoms with Crippen molar-refractivity contribution in [1.29, 1.82) is 0 Å². The Hall–Kier alpha value is -2.25. The maximum absolute atomic E-state index is 13.1. The van der Waals surface area contributed by atoms with Gasteiger partial charge in [0, 0.05) is 13.3 Å². The number of aromatic nitrogens is 1. The van der Waals surface area contributed by atoms with Crippen molar-refractivity contribution in [2.45, 2.75) is 12.1 Å². The van der Waals surface area contributed by atoms with Gasteiger partial charge in [-0.3, -0.25) is 9.69 Å². The minimum Gasteiger partial charge on any atom is -0.366 e. The van der Waals surface area contributed by atoms with Crippen LogP contribution in [0.25, 0.3) is 0 Å². The molecule has 7 heteroatoms. The number of carbonyl (C=O) groups excluding carboxylic acids is 1. The molecule has 1 aliphatic rings. The maximum Gasteiger partial charge on any atom is 0.262 e. The van der Waals surface area contributed by atoms with Crippen LogP contribution in [0.4, 0.5) is 5.82 Å². The Kier molecular flexibility index (Phi) is 4.38. The molecule has 0 unspecified atom stereocenters. The molecule has 24 heavy (non-hydrogen) atoms. The molecule has 0 radical (unpaired) electrons. The summed E-state index contributed by atoms with van der Waals surface area (Å²) in [7, 11) is -1.86. The van der Waals surface area contributed by atoms with Gasteiger partial charge >= 0.3 is 0 Å². The largest absolute Gasteiger partial charge is 0.366 e. The lowest BCUT2D eigenvalue weighted by atomic mass is 10.1. The van der Waals surface area contributed by atoms with E-state index in [1.807, 2.05) is 30.3 Å².